The van der Waals surface area contributed by atoms with Crippen molar-refractivity contribution in [2.24, 2.45) is 11.7 Å². The molecule has 1 heterocycles. The van der Waals surface area contributed by atoms with Gasteiger partial charge in [0.1, 0.15) is 0 Å². The molecule has 0 aliphatic carbocycles. The van der Waals surface area contributed by atoms with Gasteiger partial charge >= 0.3 is 0 Å². The number of rotatable bonds is 7. The molecular formula is C18H25BrN2. The fraction of sp³-hybridized carbons (Fsp3) is 0.500. The summed E-state index contributed by atoms with van der Waals surface area (Å²) in [6, 6.07) is 10.3. The number of pyridine rings is 1. The Kier molecular flexibility index (Phi) is 6.19. The molecule has 0 saturated carbocycles. The number of fused-ring (bicyclic) bond motifs is 1. The number of benzene rings is 1. The van der Waals surface area contributed by atoms with Crippen molar-refractivity contribution >= 4 is 26.8 Å². The molecule has 1 aromatic heterocycles. The molecule has 2 nitrogen and oxygen atoms in total. The van der Waals surface area contributed by atoms with Crippen molar-refractivity contribution in [3.05, 3.63) is 40.5 Å². The SMILES string of the molecule is CCCCC(CC)CC(N)c1nc2ccccc2cc1Br. The van der Waals surface area contributed by atoms with Crippen LogP contribution in [-0.4, -0.2) is 4.98 Å². The fourth-order valence-electron chi connectivity index (χ4n) is 2.82. The molecule has 0 fully saturated rings. The van der Waals surface area contributed by atoms with E-state index in [1.165, 1.54) is 25.7 Å². The summed E-state index contributed by atoms with van der Waals surface area (Å²) >= 11 is 3.64. The van der Waals surface area contributed by atoms with Crippen LogP contribution in [0.15, 0.2) is 34.8 Å². The average Bonchev–Trinajstić information content (AvgIpc) is 2.50. The quantitative estimate of drug-likeness (QED) is 0.706. The Morgan fingerprint density at radius 1 is 1.24 bits per heavy atom. The molecule has 2 unspecified atom stereocenters. The molecule has 0 saturated heterocycles. The Morgan fingerprint density at radius 3 is 2.71 bits per heavy atom. The third-order valence-electron chi connectivity index (χ3n) is 4.19. The lowest BCUT2D eigenvalue weighted by Gasteiger charge is -2.20. The van der Waals surface area contributed by atoms with Crippen LogP contribution in [0.3, 0.4) is 0 Å². The van der Waals surface area contributed by atoms with E-state index in [2.05, 4.69) is 41.9 Å². The molecule has 2 atom stereocenters. The standard InChI is InChI=1S/C18H25BrN2/c1-3-5-8-13(4-2)11-16(20)18-15(19)12-14-9-6-7-10-17(14)21-18/h6-7,9-10,12-13,16H,3-5,8,11,20H2,1-2H3. The van der Waals surface area contributed by atoms with Crippen LogP contribution in [0.2, 0.25) is 0 Å². The largest absolute Gasteiger partial charge is 0.323 e. The Morgan fingerprint density at radius 2 is 2.00 bits per heavy atom. The minimum atomic E-state index is 0.00536. The van der Waals surface area contributed by atoms with Gasteiger partial charge in [0.2, 0.25) is 0 Å². The van der Waals surface area contributed by atoms with E-state index in [4.69, 9.17) is 10.7 Å². The second-order valence-corrected chi connectivity index (χ2v) is 6.66. The van der Waals surface area contributed by atoms with Crippen molar-refractivity contribution in [1.29, 1.82) is 0 Å². The topological polar surface area (TPSA) is 38.9 Å². The first-order valence-electron chi connectivity index (χ1n) is 7.96. The van der Waals surface area contributed by atoms with Crippen LogP contribution in [0.1, 0.15) is 57.7 Å². The highest BCUT2D eigenvalue weighted by Crippen LogP contribution is 2.30. The van der Waals surface area contributed by atoms with E-state index in [9.17, 15) is 0 Å². The lowest BCUT2D eigenvalue weighted by atomic mass is 9.91. The minimum Gasteiger partial charge on any atom is -0.323 e. The van der Waals surface area contributed by atoms with Crippen LogP contribution in [0.25, 0.3) is 10.9 Å². The van der Waals surface area contributed by atoms with Gasteiger partial charge in [-0.3, -0.25) is 0 Å². The van der Waals surface area contributed by atoms with Crippen LogP contribution < -0.4 is 5.73 Å². The summed E-state index contributed by atoms with van der Waals surface area (Å²) in [6.07, 6.45) is 6.02. The molecule has 2 aromatic rings. The Hall–Kier alpha value is -0.930. The fourth-order valence-corrected chi connectivity index (χ4v) is 3.45. The summed E-state index contributed by atoms with van der Waals surface area (Å²) in [4.78, 5) is 4.77. The number of hydrogen-bond donors (Lipinski definition) is 1. The van der Waals surface area contributed by atoms with E-state index in [0.717, 1.165) is 27.5 Å². The third-order valence-corrected chi connectivity index (χ3v) is 4.82. The second kappa shape index (κ2) is 7.90. The molecule has 1 aromatic carbocycles. The van der Waals surface area contributed by atoms with Crippen LogP contribution >= 0.6 is 15.9 Å². The van der Waals surface area contributed by atoms with Crippen molar-refractivity contribution in [2.75, 3.05) is 0 Å². The number of halogens is 1. The number of nitrogens with zero attached hydrogens (tertiary/aromatic N) is 1. The van der Waals surface area contributed by atoms with Gasteiger partial charge in [-0.2, -0.15) is 0 Å². The van der Waals surface area contributed by atoms with E-state index >= 15 is 0 Å². The molecule has 2 rings (SSSR count). The van der Waals surface area contributed by atoms with E-state index in [1.807, 2.05) is 18.2 Å². The molecular weight excluding hydrogens is 324 g/mol. The van der Waals surface area contributed by atoms with Gasteiger partial charge in [-0.25, -0.2) is 4.98 Å². The van der Waals surface area contributed by atoms with Crippen molar-refractivity contribution in [3.63, 3.8) is 0 Å². The predicted octanol–water partition coefficient (Wildman–Crippen LogP) is 5.60. The minimum absolute atomic E-state index is 0.00536. The lowest BCUT2D eigenvalue weighted by Crippen LogP contribution is -2.17. The Balaban J connectivity index is 2.18. The maximum absolute atomic E-state index is 6.44. The predicted molar refractivity (Wildman–Crippen MR) is 94.3 cm³/mol. The molecule has 0 bridgehead atoms. The van der Waals surface area contributed by atoms with Crippen LogP contribution in [0.5, 0.6) is 0 Å². The monoisotopic (exact) mass is 348 g/mol. The second-order valence-electron chi connectivity index (χ2n) is 5.81. The summed E-state index contributed by atoms with van der Waals surface area (Å²) in [7, 11) is 0. The molecule has 0 aliphatic heterocycles. The van der Waals surface area contributed by atoms with Gasteiger partial charge in [0.15, 0.2) is 0 Å². The maximum Gasteiger partial charge on any atom is 0.0720 e. The number of hydrogen-bond acceptors (Lipinski definition) is 2. The highest BCUT2D eigenvalue weighted by molar-refractivity contribution is 9.10. The van der Waals surface area contributed by atoms with Gasteiger partial charge in [0.25, 0.3) is 0 Å². The molecule has 0 amide bonds. The summed E-state index contributed by atoms with van der Waals surface area (Å²) in [5.74, 6) is 0.695. The summed E-state index contributed by atoms with van der Waals surface area (Å²) in [6.45, 7) is 4.50. The zero-order valence-corrected chi connectivity index (χ0v) is 14.6. The maximum atomic E-state index is 6.44. The smallest absolute Gasteiger partial charge is 0.0720 e. The first kappa shape index (κ1) is 16.4. The first-order valence-corrected chi connectivity index (χ1v) is 8.75. The molecule has 114 valence electrons. The van der Waals surface area contributed by atoms with Crippen molar-refractivity contribution in [2.45, 2.75) is 52.0 Å². The normalized spacial score (nSPS) is 14.3. The first-order chi connectivity index (χ1) is 10.2. The average molecular weight is 349 g/mol. The molecule has 0 spiro atoms. The summed E-state index contributed by atoms with van der Waals surface area (Å²) < 4.78 is 1.03. The molecule has 0 radical (unpaired) electrons. The Labute approximate surface area is 136 Å². The summed E-state index contributed by atoms with van der Waals surface area (Å²) in [5.41, 5.74) is 8.45. The molecule has 21 heavy (non-hydrogen) atoms. The third kappa shape index (κ3) is 4.27. The van der Waals surface area contributed by atoms with Gasteiger partial charge in [0, 0.05) is 15.9 Å². The van der Waals surface area contributed by atoms with Gasteiger partial charge in [-0.1, -0.05) is 57.7 Å². The van der Waals surface area contributed by atoms with Gasteiger partial charge < -0.3 is 5.73 Å². The van der Waals surface area contributed by atoms with E-state index in [-0.39, 0.29) is 6.04 Å². The molecule has 2 N–H and O–H groups in total. The molecule has 0 aliphatic rings. The number of aromatic nitrogens is 1. The van der Waals surface area contributed by atoms with Crippen LogP contribution in [0.4, 0.5) is 0 Å². The van der Waals surface area contributed by atoms with E-state index in [0.29, 0.717) is 5.92 Å². The molecule has 3 heteroatoms. The highest BCUT2D eigenvalue weighted by atomic mass is 79.9. The summed E-state index contributed by atoms with van der Waals surface area (Å²) in [5, 5.41) is 1.15. The number of unbranched alkanes of at least 4 members (excludes halogenated alkanes) is 1. The van der Waals surface area contributed by atoms with Gasteiger partial charge in [-0.05, 0) is 40.4 Å². The number of nitrogens with two attached hydrogens (primary N) is 1. The Bertz CT molecular complexity index is 582. The zero-order valence-electron chi connectivity index (χ0n) is 13.0. The lowest BCUT2D eigenvalue weighted by molar-refractivity contribution is 0.385. The highest BCUT2D eigenvalue weighted by Gasteiger charge is 2.17. The van der Waals surface area contributed by atoms with E-state index in [1.54, 1.807) is 0 Å². The van der Waals surface area contributed by atoms with Gasteiger partial charge in [0.05, 0.1) is 11.2 Å². The van der Waals surface area contributed by atoms with Crippen molar-refractivity contribution in [1.82, 2.24) is 4.98 Å². The van der Waals surface area contributed by atoms with Gasteiger partial charge in [-0.15, -0.1) is 0 Å². The zero-order chi connectivity index (χ0) is 15.2. The number of para-hydroxylation sites is 1. The van der Waals surface area contributed by atoms with Crippen LogP contribution in [-0.2, 0) is 0 Å². The van der Waals surface area contributed by atoms with Crippen molar-refractivity contribution < 1.29 is 0 Å². The van der Waals surface area contributed by atoms with E-state index < -0.39 is 0 Å². The van der Waals surface area contributed by atoms with Crippen LogP contribution in [0, 0.1) is 5.92 Å². The van der Waals surface area contributed by atoms with Crippen molar-refractivity contribution in [3.8, 4) is 0 Å².